The highest BCUT2D eigenvalue weighted by Gasteiger charge is 2.38. The molecule has 0 aliphatic carbocycles. The lowest BCUT2D eigenvalue weighted by molar-refractivity contribution is -0.182. The van der Waals surface area contributed by atoms with Crippen molar-refractivity contribution >= 4 is 23.8 Å². The molecule has 0 radical (unpaired) electrons. The van der Waals surface area contributed by atoms with Gasteiger partial charge in [-0.3, -0.25) is 19.5 Å². The minimum Gasteiger partial charge on any atom is -0.447 e. The number of halogens is 2. The summed E-state index contributed by atoms with van der Waals surface area (Å²) in [6.07, 6.45) is 3.59. The Balaban J connectivity index is 1.25. The smallest absolute Gasteiger partial charge is 0.415 e. The van der Waals surface area contributed by atoms with Crippen molar-refractivity contribution in [2.45, 2.75) is 32.2 Å². The molecule has 3 saturated heterocycles. The van der Waals surface area contributed by atoms with Crippen LogP contribution in [0.3, 0.4) is 0 Å². The predicted molar refractivity (Wildman–Crippen MR) is 115 cm³/mol. The van der Waals surface area contributed by atoms with Crippen molar-refractivity contribution in [2.24, 2.45) is 5.92 Å². The van der Waals surface area contributed by atoms with Gasteiger partial charge in [-0.05, 0) is 31.4 Å². The number of aromatic nitrogens is 3. The average Bonchev–Trinajstić information content (AvgIpc) is 3.50. The number of amides is 2. The fourth-order valence-electron chi connectivity index (χ4n) is 4.48. The van der Waals surface area contributed by atoms with Crippen LogP contribution in [-0.2, 0) is 14.4 Å². The Morgan fingerprint density at radius 3 is 2.56 bits per heavy atom. The van der Waals surface area contributed by atoms with Crippen LogP contribution in [0.15, 0.2) is 18.5 Å². The molecule has 1 atom stereocenters. The molecule has 34 heavy (non-hydrogen) atoms. The average molecular weight is 474 g/mol. The molecule has 0 saturated carbocycles. The van der Waals surface area contributed by atoms with E-state index in [4.69, 9.17) is 9.57 Å². The second kappa shape index (κ2) is 9.09. The summed E-state index contributed by atoms with van der Waals surface area (Å²) >= 11 is 0. The second-order valence-corrected chi connectivity index (χ2v) is 8.51. The number of carbonyl (C=O) groups excluding carboxylic acids is 2. The monoisotopic (exact) mass is 474 g/mol. The first kappa shape index (κ1) is 22.4. The quantitative estimate of drug-likeness (QED) is 0.667. The predicted octanol–water partition coefficient (Wildman–Crippen LogP) is 2.54. The van der Waals surface area contributed by atoms with Crippen molar-refractivity contribution in [3.05, 3.63) is 41.4 Å². The van der Waals surface area contributed by atoms with Gasteiger partial charge in [0.1, 0.15) is 12.4 Å². The molecule has 180 valence electrons. The lowest BCUT2D eigenvalue weighted by Crippen LogP contribution is -2.42. The largest absolute Gasteiger partial charge is 0.447 e. The SMILES string of the molecule is Cc1ncc([C@@H]2CCON2C(=O)C2CCN(c3ncc(F)c(N4CCOC4=O)n3)CC2)cc1F. The van der Waals surface area contributed by atoms with Crippen LogP contribution < -0.4 is 9.80 Å². The van der Waals surface area contributed by atoms with Crippen molar-refractivity contribution in [1.82, 2.24) is 20.0 Å². The van der Waals surface area contributed by atoms with E-state index >= 15 is 0 Å². The summed E-state index contributed by atoms with van der Waals surface area (Å²) in [5, 5.41) is 1.36. The lowest BCUT2D eigenvalue weighted by atomic mass is 9.95. The maximum atomic E-state index is 14.2. The summed E-state index contributed by atoms with van der Waals surface area (Å²) in [5.41, 5.74) is 0.916. The molecule has 0 bridgehead atoms. The summed E-state index contributed by atoms with van der Waals surface area (Å²) in [6.45, 7) is 3.31. The Kier molecular flexibility index (Phi) is 5.98. The first-order valence-electron chi connectivity index (χ1n) is 11.2. The summed E-state index contributed by atoms with van der Waals surface area (Å²) in [6, 6.07) is 1.03. The molecule has 0 N–H and O–H groups in total. The lowest BCUT2D eigenvalue weighted by Gasteiger charge is -2.34. The zero-order valence-electron chi connectivity index (χ0n) is 18.6. The molecule has 5 rings (SSSR count). The first-order valence-corrected chi connectivity index (χ1v) is 11.2. The molecule has 0 aromatic carbocycles. The molecular formula is C22H24F2N6O4. The number of pyridine rings is 1. The second-order valence-electron chi connectivity index (χ2n) is 8.51. The van der Waals surface area contributed by atoms with E-state index in [1.807, 2.05) is 4.90 Å². The number of cyclic esters (lactones) is 1. The molecule has 3 aliphatic heterocycles. The van der Waals surface area contributed by atoms with Crippen LogP contribution in [0.5, 0.6) is 0 Å². The van der Waals surface area contributed by atoms with Gasteiger partial charge in [0.15, 0.2) is 11.6 Å². The molecule has 2 aromatic rings. The van der Waals surface area contributed by atoms with E-state index in [1.54, 1.807) is 13.1 Å². The van der Waals surface area contributed by atoms with Gasteiger partial charge in [-0.15, -0.1) is 0 Å². The Hall–Kier alpha value is -3.41. The zero-order valence-corrected chi connectivity index (χ0v) is 18.6. The van der Waals surface area contributed by atoms with Crippen LogP contribution in [0.1, 0.15) is 36.6 Å². The molecule has 0 unspecified atom stereocenters. The third-order valence-corrected chi connectivity index (χ3v) is 6.41. The van der Waals surface area contributed by atoms with Gasteiger partial charge in [-0.2, -0.15) is 4.98 Å². The topological polar surface area (TPSA) is 101 Å². The fourth-order valence-corrected chi connectivity index (χ4v) is 4.48. The highest BCUT2D eigenvalue weighted by atomic mass is 19.1. The zero-order chi connectivity index (χ0) is 23.8. The van der Waals surface area contributed by atoms with Crippen LogP contribution in [0.2, 0.25) is 0 Å². The normalized spacial score (nSPS) is 21.3. The van der Waals surface area contributed by atoms with Crippen molar-refractivity contribution < 1.29 is 27.9 Å². The summed E-state index contributed by atoms with van der Waals surface area (Å²) in [5.74, 6) is -1.37. The van der Waals surface area contributed by atoms with Gasteiger partial charge in [-0.25, -0.2) is 23.6 Å². The van der Waals surface area contributed by atoms with Gasteiger partial charge in [-0.1, -0.05) is 0 Å². The van der Waals surface area contributed by atoms with Gasteiger partial charge >= 0.3 is 6.09 Å². The number of hydroxylamine groups is 2. The number of rotatable bonds is 4. The maximum Gasteiger partial charge on any atom is 0.415 e. The van der Waals surface area contributed by atoms with Gasteiger partial charge < -0.3 is 9.64 Å². The number of ether oxygens (including phenoxy) is 1. The van der Waals surface area contributed by atoms with E-state index < -0.39 is 17.7 Å². The van der Waals surface area contributed by atoms with E-state index in [9.17, 15) is 18.4 Å². The van der Waals surface area contributed by atoms with Gasteiger partial charge in [0.25, 0.3) is 0 Å². The van der Waals surface area contributed by atoms with E-state index in [1.165, 1.54) is 11.1 Å². The van der Waals surface area contributed by atoms with Crippen molar-refractivity contribution in [1.29, 1.82) is 0 Å². The van der Waals surface area contributed by atoms with Crippen molar-refractivity contribution in [3.63, 3.8) is 0 Å². The minimum atomic E-state index is -0.702. The van der Waals surface area contributed by atoms with Crippen LogP contribution in [0, 0.1) is 24.5 Å². The number of carbonyl (C=O) groups is 2. The number of hydrogen-bond acceptors (Lipinski definition) is 8. The van der Waals surface area contributed by atoms with Crippen LogP contribution in [0.4, 0.5) is 25.3 Å². The number of aryl methyl sites for hydroxylation is 1. The molecule has 0 spiro atoms. The Morgan fingerprint density at radius 2 is 1.85 bits per heavy atom. The molecule has 10 nitrogen and oxygen atoms in total. The molecule has 2 aromatic heterocycles. The van der Waals surface area contributed by atoms with Crippen molar-refractivity contribution in [3.8, 4) is 0 Å². The number of piperidine rings is 1. The van der Waals surface area contributed by atoms with Crippen LogP contribution >= 0.6 is 0 Å². The summed E-state index contributed by atoms with van der Waals surface area (Å²) in [4.78, 5) is 46.0. The molecule has 3 aliphatic rings. The standard InChI is InChI=1S/C22H24F2N6O4/c1-13-16(23)10-15(11-25-13)18-4-8-34-30(18)20(31)14-2-5-28(6-3-14)21-26-12-17(24)19(27-21)29-7-9-33-22(29)32/h10-12,14,18H,2-9H2,1H3/t18-/m0/s1. The highest BCUT2D eigenvalue weighted by Crippen LogP contribution is 2.34. The number of anilines is 2. The van der Waals surface area contributed by atoms with E-state index in [-0.39, 0.29) is 36.8 Å². The molecule has 5 heterocycles. The molecular weight excluding hydrogens is 450 g/mol. The van der Waals surface area contributed by atoms with E-state index in [2.05, 4.69) is 15.0 Å². The third kappa shape index (κ3) is 4.13. The number of nitrogens with zero attached hydrogens (tertiary/aromatic N) is 6. The third-order valence-electron chi connectivity index (χ3n) is 6.41. The van der Waals surface area contributed by atoms with Gasteiger partial charge in [0.2, 0.25) is 11.9 Å². The Morgan fingerprint density at radius 1 is 1.06 bits per heavy atom. The molecule has 12 heteroatoms. The fraction of sp³-hybridized carbons (Fsp3) is 0.500. The van der Waals surface area contributed by atoms with E-state index in [0.29, 0.717) is 56.2 Å². The summed E-state index contributed by atoms with van der Waals surface area (Å²) in [7, 11) is 0. The van der Waals surface area contributed by atoms with Gasteiger partial charge in [0, 0.05) is 31.6 Å². The van der Waals surface area contributed by atoms with Crippen LogP contribution in [-0.4, -0.2) is 64.9 Å². The maximum absolute atomic E-state index is 14.2. The van der Waals surface area contributed by atoms with Gasteiger partial charge in [0.05, 0.1) is 31.1 Å². The van der Waals surface area contributed by atoms with E-state index in [0.717, 1.165) is 11.1 Å². The Bertz CT molecular complexity index is 1110. The Labute approximate surface area is 194 Å². The molecule has 2 amide bonds. The molecule has 3 fully saturated rings. The minimum absolute atomic E-state index is 0.113. The highest BCUT2D eigenvalue weighted by molar-refractivity contribution is 5.88. The first-order chi connectivity index (χ1) is 16.4. The summed E-state index contributed by atoms with van der Waals surface area (Å²) < 4.78 is 33.1. The number of hydrogen-bond donors (Lipinski definition) is 0. The van der Waals surface area contributed by atoms with Crippen molar-refractivity contribution in [2.75, 3.05) is 42.6 Å². The van der Waals surface area contributed by atoms with Crippen LogP contribution in [0.25, 0.3) is 0 Å².